The molecule has 3 N–H and O–H groups in total. The molecule has 1 heterocycles. The van der Waals surface area contributed by atoms with Crippen LogP contribution in [-0.2, 0) is 0 Å². The summed E-state index contributed by atoms with van der Waals surface area (Å²) in [5.74, 6) is 0.549. The van der Waals surface area contributed by atoms with Crippen LogP contribution < -0.4 is 11.1 Å². The topological polar surface area (TPSA) is 70.7 Å². The molecule has 1 saturated heterocycles. The molecule has 1 aromatic rings. The van der Waals surface area contributed by atoms with E-state index < -0.39 is 0 Å². The molecule has 1 atom stereocenters. The highest BCUT2D eigenvalue weighted by Gasteiger charge is 2.17. The van der Waals surface area contributed by atoms with Crippen molar-refractivity contribution in [3.63, 3.8) is 0 Å². The molecule has 0 aliphatic carbocycles. The number of carbonyl (C=O) groups is 1. The van der Waals surface area contributed by atoms with E-state index in [2.05, 4.69) is 17.3 Å². The Kier molecular flexibility index (Phi) is 3.82. The van der Waals surface area contributed by atoms with Crippen molar-refractivity contribution in [2.24, 2.45) is 16.8 Å². The second kappa shape index (κ2) is 5.53. The number of rotatable bonds is 2. The second-order valence-corrected chi connectivity index (χ2v) is 4.61. The Bertz CT molecular complexity index is 444. The maximum Gasteiger partial charge on any atom is 0.257 e. The van der Waals surface area contributed by atoms with Crippen LogP contribution in [-0.4, -0.2) is 30.0 Å². The number of benzene rings is 1. The third kappa shape index (κ3) is 3.23. The summed E-state index contributed by atoms with van der Waals surface area (Å²) >= 11 is 0. The average molecular weight is 246 g/mol. The summed E-state index contributed by atoms with van der Waals surface area (Å²) in [4.78, 5) is 11.8. The molecule has 0 bridgehead atoms. The molecule has 1 aliphatic heterocycles. The molecule has 2 rings (SSSR count). The lowest BCUT2D eigenvalue weighted by atomic mass is 10.2. The van der Waals surface area contributed by atoms with Gasteiger partial charge in [-0.1, -0.05) is 25.1 Å². The Morgan fingerprint density at radius 3 is 2.78 bits per heavy atom. The van der Waals surface area contributed by atoms with Crippen LogP contribution in [0.15, 0.2) is 35.4 Å². The van der Waals surface area contributed by atoms with Crippen LogP contribution in [0.3, 0.4) is 0 Å². The van der Waals surface area contributed by atoms with Crippen LogP contribution in [0.4, 0.5) is 0 Å². The zero-order valence-corrected chi connectivity index (χ0v) is 10.5. The van der Waals surface area contributed by atoms with E-state index in [1.165, 1.54) is 0 Å². The zero-order chi connectivity index (χ0) is 13.0. The first-order valence-corrected chi connectivity index (χ1v) is 6.10. The molecular weight excluding hydrogens is 228 g/mol. The van der Waals surface area contributed by atoms with Gasteiger partial charge in [0.05, 0.1) is 0 Å². The standard InChI is InChI=1S/C13H18N4O/c1-10-7-8-17(9-10)16-13(14)15-12(18)11-5-3-2-4-6-11/h2-6,10H,7-9H2,1H3,(H3,14,15,16,18). The monoisotopic (exact) mass is 246 g/mol. The molecule has 0 aromatic heterocycles. The number of nitrogens with one attached hydrogen (secondary N) is 1. The van der Waals surface area contributed by atoms with E-state index in [0.29, 0.717) is 11.5 Å². The summed E-state index contributed by atoms with van der Waals surface area (Å²) < 4.78 is 0. The molecule has 1 aromatic carbocycles. The molecule has 5 heteroatoms. The lowest BCUT2D eigenvalue weighted by molar-refractivity contribution is 0.0976. The van der Waals surface area contributed by atoms with E-state index in [-0.39, 0.29) is 11.9 Å². The Morgan fingerprint density at radius 2 is 2.17 bits per heavy atom. The van der Waals surface area contributed by atoms with Gasteiger partial charge in [-0.15, -0.1) is 5.10 Å². The fraction of sp³-hybridized carbons (Fsp3) is 0.385. The van der Waals surface area contributed by atoms with Gasteiger partial charge in [-0.2, -0.15) is 0 Å². The number of amides is 1. The van der Waals surface area contributed by atoms with Crippen LogP contribution >= 0.6 is 0 Å². The summed E-state index contributed by atoms with van der Waals surface area (Å²) in [7, 11) is 0. The molecule has 0 spiro atoms. The van der Waals surface area contributed by atoms with E-state index in [4.69, 9.17) is 5.73 Å². The van der Waals surface area contributed by atoms with Crippen LogP contribution in [0.1, 0.15) is 23.7 Å². The average Bonchev–Trinajstić information content (AvgIpc) is 2.75. The van der Waals surface area contributed by atoms with Crippen LogP contribution in [0.25, 0.3) is 0 Å². The van der Waals surface area contributed by atoms with E-state index in [1.54, 1.807) is 12.1 Å². The SMILES string of the molecule is CC1CCN(N=C(N)NC(=O)c2ccccc2)C1. The Labute approximate surface area is 107 Å². The number of nitrogens with two attached hydrogens (primary N) is 1. The van der Waals surface area contributed by atoms with Gasteiger partial charge in [-0.3, -0.25) is 15.1 Å². The van der Waals surface area contributed by atoms with Crippen molar-refractivity contribution < 1.29 is 4.79 Å². The molecule has 5 nitrogen and oxygen atoms in total. The maximum atomic E-state index is 11.8. The lowest BCUT2D eigenvalue weighted by Gasteiger charge is -2.12. The molecule has 1 fully saturated rings. The minimum Gasteiger partial charge on any atom is -0.368 e. The van der Waals surface area contributed by atoms with Crippen LogP contribution in [0.5, 0.6) is 0 Å². The first-order chi connectivity index (χ1) is 8.65. The van der Waals surface area contributed by atoms with Gasteiger partial charge in [-0.05, 0) is 24.5 Å². The van der Waals surface area contributed by atoms with Gasteiger partial charge >= 0.3 is 0 Å². The van der Waals surface area contributed by atoms with E-state index in [1.807, 2.05) is 23.2 Å². The van der Waals surface area contributed by atoms with Gasteiger partial charge < -0.3 is 5.73 Å². The minimum absolute atomic E-state index is 0.151. The van der Waals surface area contributed by atoms with Gasteiger partial charge in [-0.25, -0.2) is 0 Å². The van der Waals surface area contributed by atoms with Crippen LogP contribution in [0, 0.1) is 5.92 Å². The normalized spacial score (nSPS) is 19.9. The summed E-state index contributed by atoms with van der Waals surface area (Å²) in [6.45, 7) is 3.96. The smallest absolute Gasteiger partial charge is 0.257 e. The van der Waals surface area contributed by atoms with Gasteiger partial charge in [0.2, 0.25) is 5.96 Å². The fourth-order valence-electron chi connectivity index (χ4n) is 1.96. The second-order valence-electron chi connectivity index (χ2n) is 4.61. The Morgan fingerprint density at radius 1 is 1.44 bits per heavy atom. The molecule has 96 valence electrons. The highest BCUT2D eigenvalue weighted by molar-refractivity contribution is 6.05. The fourth-order valence-corrected chi connectivity index (χ4v) is 1.96. The van der Waals surface area contributed by atoms with E-state index in [0.717, 1.165) is 19.5 Å². The van der Waals surface area contributed by atoms with Crippen LogP contribution in [0.2, 0.25) is 0 Å². The van der Waals surface area contributed by atoms with Crippen molar-refractivity contribution in [2.45, 2.75) is 13.3 Å². The van der Waals surface area contributed by atoms with Crippen molar-refractivity contribution >= 4 is 11.9 Å². The summed E-state index contributed by atoms with van der Waals surface area (Å²) in [6.07, 6.45) is 1.11. The third-order valence-electron chi connectivity index (χ3n) is 2.93. The van der Waals surface area contributed by atoms with Gasteiger partial charge in [0.25, 0.3) is 5.91 Å². The highest BCUT2D eigenvalue weighted by atomic mass is 16.1. The Hall–Kier alpha value is -2.04. The maximum absolute atomic E-state index is 11.8. The molecule has 1 aliphatic rings. The lowest BCUT2D eigenvalue weighted by Crippen LogP contribution is -2.38. The van der Waals surface area contributed by atoms with Gasteiger partial charge in [0, 0.05) is 18.7 Å². The summed E-state index contributed by atoms with van der Waals surface area (Å²) in [6, 6.07) is 8.95. The summed E-state index contributed by atoms with van der Waals surface area (Å²) in [5.41, 5.74) is 6.29. The van der Waals surface area contributed by atoms with E-state index >= 15 is 0 Å². The minimum atomic E-state index is -0.232. The molecule has 0 saturated carbocycles. The molecular formula is C13H18N4O. The Balaban J connectivity index is 1.93. The molecule has 1 unspecified atom stereocenters. The van der Waals surface area contributed by atoms with Crippen molar-refractivity contribution in [1.29, 1.82) is 0 Å². The number of hydrogen-bond donors (Lipinski definition) is 2. The van der Waals surface area contributed by atoms with E-state index in [9.17, 15) is 4.79 Å². The predicted octanol–water partition coefficient (Wildman–Crippen LogP) is 0.988. The predicted molar refractivity (Wildman–Crippen MR) is 70.9 cm³/mol. The highest BCUT2D eigenvalue weighted by Crippen LogP contribution is 2.14. The van der Waals surface area contributed by atoms with Crippen molar-refractivity contribution in [1.82, 2.24) is 10.3 Å². The number of guanidine groups is 1. The van der Waals surface area contributed by atoms with Gasteiger partial charge in [0.1, 0.15) is 0 Å². The number of carbonyl (C=O) groups excluding carboxylic acids is 1. The number of hydrazone groups is 1. The molecule has 18 heavy (non-hydrogen) atoms. The largest absolute Gasteiger partial charge is 0.368 e. The zero-order valence-electron chi connectivity index (χ0n) is 10.5. The first kappa shape index (κ1) is 12.4. The quantitative estimate of drug-likeness (QED) is 0.604. The van der Waals surface area contributed by atoms with Crippen molar-refractivity contribution in [3.8, 4) is 0 Å². The number of hydrogen-bond acceptors (Lipinski definition) is 3. The van der Waals surface area contributed by atoms with Gasteiger partial charge in [0.15, 0.2) is 0 Å². The first-order valence-electron chi connectivity index (χ1n) is 6.10. The van der Waals surface area contributed by atoms with Crippen molar-refractivity contribution in [3.05, 3.63) is 35.9 Å². The van der Waals surface area contributed by atoms with Crippen molar-refractivity contribution in [2.75, 3.05) is 13.1 Å². The number of nitrogens with zero attached hydrogens (tertiary/aromatic N) is 2. The molecule has 1 amide bonds. The summed E-state index contributed by atoms with van der Waals surface area (Å²) in [5, 5.41) is 8.67. The third-order valence-corrected chi connectivity index (χ3v) is 2.93. The molecule has 0 radical (unpaired) electrons.